The molecule has 6 heteroatoms. The molecule has 4 N–H and O–H groups in total. The van der Waals surface area contributed by atoms with Crippen LogP contribution in [-0.2, 0) is 0 Å². The van der Waals surface area contributed by atoms with Gasteiger partial charge in [0.25, 0.3) is 5.91 Å². The van der Waals surface area contributed by atoms with Crippen LogP contribution < -0.4 is 16.6 Å². The fourth-order valence-electron chi connectivity index (χ4n) is 1.47. The first-order valence-electron chi connectivity index (χ1n) is 5.32. The number of carbonyl (C=O) groups excluding carboxylic acids is 1. The molecule has 1 unspecified atom stereocenters. The Bertz CT molecular complexity index is 397. The van der Waals surface area contributed by atoms with Crippen molar-refractivity contribution < 1.29 is 4.79 Å². The molecule has 0 bridgehead atoms. The molecule has 0 aliphatic carbocycles. The molecular weight excluding hydrogens is 236 g/mol. The van der Waals surface area contributed by atoms with E-state index in [1.54, 1.807) is 23.9 Å². The normalized spacial score (nSPS) is 12.0. The first kappa shape index (κ1) is 13.8. The van der Waals surface area contributed by atoms with Gasteiger partial charge in [-0.15, -0.1) is 0 Å². The van der Waals surface area contributed by atoms with Crippen LogP contribution in [-0.4, -0.2) is 28.9 Å². The summed E-state index contributed by atoms with van der Waals surface area (Å²) in [6.45, 7) is 3.80. The highest BCUT2D eigenvalue weighted by Gasteiger charge is 2.11. The Balaban J connectivity index is 2.78. The molecule has 1 aromatic rings. The number of aryl methyl sites for hydroxylation is 1. The molecule has 17 heavy (non-hydrogen) atoms. The number of nitrogens with two attached hydrogens (primary N) is 1. The molecule has 0 spiro atoms. The van der Waals surface area contributed by atoms with E-state index in [0.717, 1.165) is 11.4 Å². The SMILES string of the molecule is CSCC(C)NC(=O)c1cc(C)nc(NN)c1. The molecule has 0 radical (unpaired) electrons. The summed E-state index contributed by atoms with van der Waals surface area (Å²) in [5.41, 5.74) is 3.77. The molecule has 0 fully saturated rings. The van der Waals surface area contributed by atoms with Crippen molar-refractivity contribution in [3.8, 4) is 0 Å². The van der Waals surface area contributed by atoms with E-state index in [1.165, 1.54) is 0 Å². The van der Waals surface area contributed by atoms with Crippen LogP contribution in [0.5, 0.6) is 0 Å². The number of rotatable bonds is 5. The number of nitrogens with one attached hydrogen (secondary N) is 2. The van der Waals surface area contributed by atoms with Gasteiger partial charge in [-0.3, -0.25) is 4.79 Å². The minimum atomic E-state index is -0.103. The number of anilines is 1. The van der Waals surface area contributed by atoms with Crippen LogP contribution in [0.25, 0.3) is 0 Å². The number of thioether (sulfide) groups is 1. The van der Waals surface area contributed by atoms with Gasteiger partial charge in [-0.05, 0) is 32.2 Å². The molecule has 0 saturated heterocycles. The molecule has 1 aromatic heterocycles. The summed E-state index contributed by atoms with van der Waals surface area (Å²) >= 11 is 1.70. The Kier molecular flexibility index (Phi) is 5.24. The molecule has 0 saturated carbocycles. The summed E-state index contributed by atoms with van der Waals surface area (Å²) in [6.07, 6.45) is 2.01. The summed E-state index contributed by atoms with van der Waals surface area (Å²) in [6, 6.07) is 3.51. The number of hydrazine groups is 1. The van der Waals surface area contributed by atoms with Crippen LogP contribution in [0.2, 0.25) is 0 Å². The van der Waals surface area contributed by atoms with Crippen molar-refractivity contribution in [2.24, 2.45) is 5.84 Å². The lowest BCUT2D eigenvalue weighted by molar-refractivity contribution is 0.0943. The lowest BCUT2D eigenvalue weighted by atomic mass is 10.2. The van der Waals surface area contributed by atoms with E-state index in [9.17, 15) is 4.79 Å². The fraction of sp³-hybridized carbons (Fsp3) is 0.455. The Morgan fingerprint density at radius 3 is 2.88 bits per heavy atom. The number of nitrogen functional groups attached to an aromatic ring is 1. The minimum Gasteiger partial charge on any atom is -0.349 e. The van der Waals surface area contributed by atoms with Gasteiger partial charge in [0.2, 0.25) is 0 Å². The highest BCUT2D eigenvalue weighted by molar-refractivity contribution is 7.98. The van der Waals surface area contributed by atoms with E-state index in [0.29, 0.717) is 11.4 Å². The molecule has 1 amide bonds. The largest absolute Gasteiger partial charge is 0.349 e. The van der Waals surface area contributed by atoms with E-state index < -0.39 is 0 Å². The van der Waals surface area contributed by atoms with Gasteiger partial charge >= 0.3 is 0 Å². The van der Waals surface area contributed by atoms with Gasteiger partial charge in [-0.25, -0.2) is 10.8 Å². The smallest absolute Gasteiger partial charge is 0.251 e. The maximum atomic E-state index is 11.9. The van der Waals surface area contributed by atoms with Crippen LogP contribution >= 0.6 is 11.8 Å². The number of aromatic nitrogens is 1. The maximum absolute atomic E-state index is 11.9. The summed E-state index contributed by atoms with van der Waals surface area (Å²) in [7, 11) is 0. The van der Waals surface area contributed by atoms with Gasteiger partial charge in [-0.2, -0.15) is 11.8 Å². The zero-order valence-electron chi connectivity index (χ0n) is 10.3. The van der Waals surface area contributed by atoms with Gasteiger partial charge in [-0.1, -0.05) is 0 Å². The molecule has 1 rings (SSSR count). The zero-order valence-corrected chi connectivity index (χ0v) is 11.1. The topological polar surface area (TPSA) is 80.0 Å². The first-order chi connectivity index (χ1) is 8.06. The average Bonchev–Trinajstić information content (AvgIpc) is 2.28. The summed E-state index contributed by atoms with van der Waals surface area (Å²) in [5, 5.41) is 2.92. The third kappa shape index (κ3) is 4.24. The van der Waals surface area contributed by atoms with Gasteiger partial charge < -0.3 is 10.7 Å². The predicted molar refractivity (Wildman–Crippen MR) is 72.1 cm³/mol. The number of pyridine rings is 1. The van der Waals surface area contributed by atoms with Crippen molar-refractivity contribution >= 4 is 23.5 Å². The fourth-order valence-corrected chi connectivity index (χ4v) is 2.06. The molecule has 0 aromatic carbocycles. The Morgan fingerprint density at radius 1 is 1.59 bits per heavy atom. The molecule has 94 valence electrons. The highest BCUT2D eigenvalue weighted by Crippen LogP contribution is 2.09. The molecule has 1 heterocycles. The third-order valence-corrected chi connectivity index (χ3v) is 2.99. The second kappa shape index (κ2) is 6.46. The molecule has 1 atom stereocenters. The number of nitrogens with zero attached hydrogens (tertiary/aromatic N) is 1. The monoisotopic (exact) mass is 254 g/mol. The van der Waals surface area contributed by atoms with E-state index in [-0.39, 0.29) is 11.9 Å². The van der Waals surface area contributed by atoms with Crippen molar-refractivity contribution in [2.75, 3.05) is 17.4 Å². The second-order valence-corrected chi connectivity index (χ2v) is 4.77. The van der Waals surface area contributed by atoms with Gasteiger partial charge in [0, 0.05) is 23.1 Å². The Morgan fingerprint density at radius 2 is 2.29 bits per heavy atom. The minimum absolute atomic E-state index is 0.103. The first-order valence-corrected chi connectivity index (χ1v) is 6.71. The van der Waals surface area contributed by atoms with Gasteiger partial charge in [0.05, 0.1) is 0 Å². The summed E-state index contributed by atoms with van der Waals surface area (Å²) in [4.78, 5) is 16.1. The van der Waals surface area contributed by atoms with Gasteiger partial charge in [0.15, 0.2) is 0 Å². The van der Waals surface area contributed by atoms with Crippen molar-refractivity contribution in [3.05, 3.63) is 23.4 Å². The number of amides is 1. The van der Waals surface area contributed by atoms with Crippen LogP contribution in [0, 0.1) is 6.92 Å². The predicted octanol–water partition coefficient (Wildman–Crippen LogP) is 1.16. The number of carbonyl (C=O) groups is 1. The molecular formula is C11H18N4OS. The van der Waals surface area contributed by atoms with E-state index in [4.69, 9.17) is 5.84 Å². The summed E-state index contributed by atoms with van der Waals surface area (Å²) in [5.74, 6) is 6.57. The quantitative estimate of drug-likeness (QED) is 0.542. The standard InChI is InChI=1S/C11H18N4OS/c1-7-4-9(5-10(13-7)15-12)11(16)14-8(2)6-17-3/h4-5,8H,6,12H2,1-3H3,(H,13,15)(H,14,16). The number of hydrogen-bond donors (Lipinski definition) is 3. The maximum Gasteiger partial charge on any atom is 0.251 e. The van der Waals surface area contributed by atoms with Crippen molar-refractivity contribution in [2.45, 2.75) is 19.9 Å². The molecule has 5 nitrogen and oxygen atoms in total. The van der Waals surface area contributed by atoms with Gasteiger partial charge in [0.1, 0.15) is 5.82 Å². The van der Waals surface area contributed by atoms with Crippen LogP contribution in [0.3, 0.4) is 0 Å². The molecule has 0 aliphatic heterocycles. The Hall–Kier alpha value is -1.27. The van der Waals surface area contributed by atoms with Crippen LogP contribution in [0.1, 0.15) is 23.0 Å². The van der Waals surface area contributed by atoms with Crippen LogP contribution in [0.4, 0.5) is 5.82 Å². The molecule has 0 aliphatic rings. The van der Waals surface area contributed by atoms with Crippen LogP contribution in [0.15, 0.2) is 12.1 Å². The third-order valence-electron chi connectivity index (χ3n) is 2.16. The van der Waals surface area contributed by atoms with E-state index >= 15 is 0 Å². The van der Waals surface area contributed by atoms with Crippen molar-refractivity contribution in [1.82, 2.24) is 10.3 Å². The van der Waals surface area contributed by atoms with E-state index in [2.05, 4.69) is 15.7 Å². The zero-order chi connectivity index (χ0) is 12.8. The van der Waals surface area contributed by atoms with Crippen molar-refractivity contribution in [3.63, 3.8) is 0 Å². The second-order valence-electron chi connectivity index (χ2n) is 3.86. The Labute approximate surface area is 106 Å². The lowest BCUT2D eigenvalue weighted by Crippen LogP contribution is -2.34. The lowest BCUT2D eigenvalue weighted by Gasteiger charge is -2.13. The highest BCUT2D eigenvalue weighted by atomic mass is 32.2. The number of hydrogen-bond acceptors (Lipinski definition) is 5. The van der Waals surface area contributed by atoms with E-state index in [1.807, 2.05) is 20.1 Å². The average molecular weight is 254 g/mol. The summed E-state index contributed by atoms with van der Waals surface area (Å²) < 4.78 is 0. The van der Waals surface area contributed by atoms with Crippen molar-refractivity contribution in [1.29, 1.82) is 0 Å².